The summed E-state index contributed by atoms with van der Waals surface area (Å²) in [4.78, 5) is 4.34. The Kier molecular flexibility index (Phi) is 3.31. The van der Waals surface area contributed by atoms with Crippen molar-refractivity contribution in [3.8, 4) is 0 Å². The Bertz CT molecular complexity index is 760. The number of aryl methyl sites for hydroxylation is 1. The fraction of sp³-hybridized carbons (Fsp3) is 0.143. The Hall–Kier alpha value is -2.08. The molecule has 0 amide bonds. The highest BCUT2D eigenvalue weighted by Gasteiger charge is 2.07. The van der Waals surface area contributed by atoms with Gasteiger partial charge in [0, 0.05) is 35.2 Å². The van der Waals surface area contributed by atoms with E-state index >= 15 is 0 Å². The number of aromatic nitrogens is 3. The number of nitrogens with two attached hydrogens (primary N) is 1. The summed E-state index contributed by atoms with van der Waals surface area (Å²) in [5, 5.41) is 8.53. The largest absolute Gasteiger partial charge is 0.396 e. The van der Waals surface area contributed by atoms with Crippen molar-refractivity contribution in [1.82, 2.24) is 14.8 Å². The first-order chi connectivity index (χ1) is 9.63. The summed E-state index contributed by atoms with van der Waals surface area (Å²) in [6.07, 6.45) is 5.49. The van der Waals surface area contributed by atoms with Crippen LogP contribution in [0.3, 0.4) is 0 Å². The van der Waals surface area contributed by atoms with Gasteiger partial charge in [-0.15, -0.1) is 0 Å². The molecule has 102 valence electrons. The molecule has 0 saturated carbocycles. The molecule has 6 heteroatoms. The average molecular weight is 332 g/mol. The van der Waals surface area contributed by atoms with Gasteiger partial charge in [0.1, 0.15) is 0 Å². The number of nitrogens with zero attached hydrogens (tertiary/aromatic N) is 3. The van der Waals surface area contributed by atoms with Gasteiger partial charge in [-0.3, -0.25) is 9.67 Å². The lowest BCUT2D eigenvalue weighted by atomic mass is 10.1. The van der Waals surface area contributed by atoms with Gasteiger partial charge in [0.15, 0.2) is 0 Å². The van der Waals surface area contributed by atoms with Crippen molar-refractivity contribution >= 4 is 38.2 Å². The van der Waals surface area contributed by atoms with Crippen LogP contribution in [0.15, 0.2) is 41.3 Å². The van der Waals surface area contributed by atoms with Gasteiger partial charge in [-0.1, -0.05) is 15.9 Å². The summed E-state index contributed by atoms with van der Waals surface area (Å²) < 4.78 is 2.78. The molecule has 20 heavy (non-hydrogen) atoms. The van der Waals surface area contributed by atoms with Crippen molar-refractivity contribution in [3.63, 3.8) is 0 Å². The SMILES string of the molecule is Cn1cc(CNc2c(N)cnc3ccc(Br)cc23)cn1. The lowest BCUT2D eigenvalue weighted by Gasteiger charge is -2.11. The first kappa shape index (κ1) is 12.9. The Morgan fingerprint density at radius 1 is 1.35 bits per heavy atom. The highest BCUT2D eigenvalue weighted by Crippen LogP contribution is 2.30. The quantitative estimate of drug-likeness (QED) is 0.774. The fourth-order valence-electron chi connectivity index (χ4n) is 2.13. The summed E-state index contributed by atoms with van der Waals surface area (Å²) in [6, 6.07) is 5.95. The molecule has 0 unspecified atom stereocenters. The molecule has 0 radical (unpaired) electrons. The van der Waals surface area contributed by atoms with Crippen LogP contribution in [0.2, 0.25) is 0 Å². The molecule has 2 aromatic heterocycles. The number of nitrogen functional groups attached to an aromatic ring is 1. The summed E-state index contributed by atoms with van der Waals surface area (Å²) in [5.41, 5.74) is 9.60. The highest BCUT2D eigenvalue weighted by atomic mass is 79.9. The lowest BCUT2D eigenvalue weighted by Crippen LogP contribution is -2.03. The molecule has 3 rings (SSSR count). The van der Waals surface area contributed by atoms with E-state index in [4.69, 9.17) is 5.73 Å². The number of hydrogen-bond donors (Lipinski definition) is 2. The van der Waals surface area contributed by atoms with E-state index in [9.17, 15) is 0 Å². The molecule has 0 atom stereocenters. The molecule has 0 saturated heterocycles. The van der Waals surface area contributed by atoms with E-state index < -0.39 is 0 Å². The predicted molar refractivity (Wildman–Crippen MR) is 84.4 cm³/mol. The third-order valence-corrected chi connectivity index (χ3v) is 3.58. The van der Waals surface area contributed by atoms with Gasteiger partial charge in [0.25, 0.3) is 0 Å². The van der Waals surface area contributed by atoms with E-state index in [1.54, 1.807) is 10.9 Å². The average Bonchev–Trinajstić information content (AvgIpc) is 2.83. The van der Waals surface area contributed by atoms with Crippen LogP contribution in [0, 0.1) is 0 Å². The van der Waals surface area contributed by atoms with Crippen LogP contribution in [-0.2, 0) is 13.6 Å². The maximum absolute atomic E-state index is 6.04. The van der Waals surface area contributed by atoms with E-state index in [2.05, 4.69) is 31.3 Å². The van der Waals surface area contributed by atoms with Gasteiger partial charge in [-0.25, -0.2) is 0 Å². The van der Waals surface area contributed by atoms with Crippen molar-refractivity contribution in [2.75, 3.05) is 11.1 Å². The molecule has 0 fully saturated rings. The molecule has 0 bridgehead atoms. The van der Waals surface area contributed by atoms with Crippen LogP contribution in [-0.4, -0.2) is 14.8 Å². The van der Waals surface area contributed by atoms with E-state index in [-0.39, 0.29) is 0 Å². The van der Waals surface area contributed by atoms with Crippen molar-refractivity contribution in [2.24, 2.45) is 7.05 Å². The fourth-order valence-corrected chi connectivity index (χ4v) is 2.49. The maximum atomic E-state index is 6.04. The third-order valence-electron chi connectivity index (χ3n) is 3.09. The van der Waals surface area contributed by atoms with Crippen molar-refractivity contribution < 1.29 is 0 Å². The van der Waals surface area contributed by atoms with Crippen LogP contribution >= 0.6 is 15.9 Å². The van der Waals surface area contributed by atoms with E-state index in [0.29, 0.717) is 12.2 Å². The number of rotatable bonds is 3. The zero-order chi connectivity index (χ0) is 14.1. The van der Waals surface area contributed by atoms with Gasteiger partial charge in [0.05, 0.1) is 29.3 Å². The van der Waals surface area contributed by atoms with E-state index in [1.165, 1.54) is 0 Å². The lowest BCUT2D eigenvalue weighted by molar-refractivity contribution is 0.767. The van der Waals surface area contributed by atoms with Gasteiger partial charge < -0.3 is 11.1 Å². The van der Waals surface area contributed by atoms with Crippen LogP contribution in [0.25, 0.3) is 10.9 Å². The summed E-state index contributed by atoms with van der Waals surface area (Å²) in [7, 11) is 1.90. The summed E-state index contributed by atoms with van der Waals surface area (Å²) >= 11 is 3.48. The number of hydrogen-bond acceptors (Lipinski definition) is 4. The number of nitrogens with one attached hydrogen (secondary N) is 1. The molecule has 3 N–H and O–H groups in total. The number of anilines is 2. The Balaban J connectivity index is 1.97. The topological polar surface area (TPSA) is 68.8 Å². The second-order valence-corrected chi connectivity index (χ2v) is 5.54. The third kappa shape index (κ3) is 2.46. The minimum atomic E-state index is 0.638. The summed E-state index contributed by atoms with van der Waals surface area (Å²) in [5.74, 6) is 0. The normalized spacial score (nSPS) is 10.9. The van der Waals surface area contributed by atoms with Crippen LogP contribution < -0.4 is 11.1 Å². The predicted octanol–water partition coefficient (Wildman–Crippen LogP) is 2.93. The standard InChI is InChI=1S/C14H14BrN5/c1-20-8-9(6-19-20)5-18-14-11-4-10(15)2-3-13(11)17-7-12(14)16/h2-4,6-8H,5,16H2,1H3,(H,17,18). The van der Waals surface area contributed by atoms with Crippen LogP contribution in [0.5, 0.6) is 0 Å². The van der Waals surface area contributed by atoms with Gasteiger partial charge in [-0.05, 0) is 18.2 Å². The van der Waals surface area contributed by atoms with Gasteiger partial charge >= 0.3 is 0 Å². The molecule has 0 aliphatic carbocycles. The highest BCUT2D eigenvalue weighted by molar-refractivity contribution is 9.10. The molecular weight excluding hydrogens is 318 g/mol. The molecule has 3 aromatic rings. The molecule has 0 spiro atoms. The van der Waals surface area contributed by atoms with E-state index in [1.807, 2.05) is 37.6 Å². The van der Waals surface area contributed by atoms with Crippen molar-refractivity contribution in [3.05, 3.63) is 46.8 Å². The first-order valence-electron chi connectivity index (χ1n) is 6.18. The second kappa shape index (κ2) is 5.13. The summed E-state index contributed by atoms with van der Waals surface area (Å²) in [6.45, 7) is 0.670. The molecule has 0 aliphatic heterocycles. The molecular formula is C14H14BrN5. The van der Waals surface area contributed by atoms with Crippen LogP contribution in [0.1, 0.15) is 5.56 Å². The second-order valence-electron chi connectivity index (χ2n) is 4.63. The maximum Gasteiger partial charge on any atom is 0.0743 e. The molecule has 0 aliphatic rings. The van der Waals surface area contributed by atoms with Gasteiger partial charge in [-0.2, -0.15) is 5.10 Å². The number of halogens is 1. The molecule has 1 aromatic carbocycles. The number of fused-ring (bicyclic) bond motifs is 1. The smallest absolute Gasteiger partial charge is 0.0743 e. The number of pyridine rings is 1. The van der Waals surface area contributed by atoms with Crippen LogP contribution in [0.4, 0.5) is 11.4 Å². The minimum absolute atomic E-state index is 0.638. The minimum Gasteiger partial charge on any atom is -0.396 e. The molecule has 5 nitrogen and oxygen atoms in total. The Labute approximate surface area is 124 Å². The zero-order valence-corrected chi connectivity index (χ0v) is 12.6. The molecule has 2 heterocycles. The first-order valence-corrected chi connectivity index (χ1v) is 6.98. The number of benzene rings is 1. The Morgan fingerprint density at radius 2 is 2.20 bits per heavy atom. The van der Waals surface area contributed by atoms with Crippen molar-refractivity contribution in [2.45, 2.75) is 6.54 Å². The van der Waals surface area contributed by atoms with E-state index in [0.717, 1.165) is 26.6 Å². The Morgan fingerprint density at radius 3 is 2.95 bits per heavy atom. The zero-order valence-electron chi connectivity index (χ0n) is 11.0. The van der Waals surface area contributed by atoms with Gasteiger partial charge in [0.2, 0.25) is 0 Å². The van der Waals surface area contributed by atoms with Crippen molar-refractivity contribution in [1.29, 1.82) is 0 Å². The monoisotopic (exact) mass is 331 g/mol.